The molecule has 3 heterocycles. The summed E-state index contributed by atoms with van der Waals surface area (Å²) in [6.45, 7) is 12.9. The Morgan fingerprint density at radius 3 is 2.20 bits per heavy atom. The van der Waals surface area contributed by atoms with E-state index in [2.05, 4.69) is 6.92 Å². The fourth-order valence-corrected chi connectivity index (χ4v) is 10.7. The predicted molar refractivity (Wildman–Crippen MR) is 276 cm³/mol. The van der Waals surface area contributed by atoms with E-state index >= 15 is 0 Å². The molecule has 0 aromatic heterocycles. The van der Waals surface area contributed by atoms with Gasteiger partial charge in [0.25, 0.3) is 11.7 Å². The number of Topliss-reactive ketones (excluding diaryl/α,β-unsaturated/α-hetero) is 3. The number of aliphatic hydroxyl groups is 4. The lowest BCUT2D eigenvalue weighted by Gasteiger charge is -2.42. The number of carbonyl (C=O) groups is 6. The topological polar surface area (TPSA) is 242 Å². The maximum atomic E-state index is 14.6. The van der Waals surface area contributed by atoms with Crippen LogP contribution in [0.2, 0.25) is 0 Å². The monoisotopic (exact) mass is 1040 g/mol. The van der Waals surface area contributed by atoms with Crippen LogP contribution in [-0.2, 0) is 57.2 Å². The van der Waals surface area contributed by atoms with Crippen molar-refractivity contribution in [2.75, 3.05) is 41.1 Å². The summed E-state index contributed by atoms with van der Waals surface area (Å²) in [5.41, 5.74) is -0.256. The number of carbonyl (C=O) groups excluding carboxylic acids is 6. The minimum absolute atomic E-state index is 0.0382. The first-order chi connectivity index (χ1) is 35.0. The molecule has 2 saturated heterocycles. The number of ketones is 3. The lowest BCUT2D eigenvalue weighted by Crippen LogP contribution is -2.61. The summed E-state index contributed by atoms with van der Waals surface area (Å²) < 4.78 is 35.5. The first-order valence-corrected chi connectivity index (χ1v) is 26.9. The van der Waals surface area contributed by atoms with Crippen LogP contribution in [-0.4, -0.2) is 156 Å². The van der Waals surface area contributed by atoms with E-state index < -0.39 is 120 Å². The number of esters is 2. The van der Waals surface area contributed by atoms with Crippen molar-refractivity contribution in [1.82, 2.24) is 4.90 Å². The lowest BCUT2D eigenvalue weighted by molar-refractivity contribution is -0.265. The molecule has 418 valence electrons. The Balaban J connectivity index is 1.69. The average molecular weight is 1040 g/mol. The van der Waals surface area contributed by atoms with Crippen molar-refractivity contribution in [2.24, 2.45) is 40.9 Å². The number of rotatable bonds is 10. The minimum Gasteiger partial charge on any atom is -0.460 e. The molecule has 1 unspecified atom stereocenters. The standard InChI is InChI=1S/C57H89NO16/c1-34-17-13-12-14-18-35(2)46(69-9)30-42-24-22-40(7)57(68,74-42)52(64)53(65)58-26-16-15-19-43(58)54(66)72-47(31-44(61)37(4)27-39(6)50(63)51(71-11)49(62)36(3)21-20-34)38(5)28-41-23-25-45(48(29-41)70-10)73-55(67)56(8,32-59)33-60/h12-14,17-18,27,34,36-38,40-43,45-48,50-51,59-60,63,68H,15-16,19-26,28-33H2,1-11H3/b14-12+,17-13+,35-18+,39-27+/t34-,36-,37-,38+,40-,41+,42+,43?,45-,46+,47+,48-,50-,51+,57-/m1/s1. The van der Waals surface area contributed by atoms with Crippen molar-refractivity contribution in [3.8, 4) is 0 Å². The molecule has 15 atom stereocenters. The van der Waals surface area contributed by atoms with Crippen molar-refractivity contribution >= 4 is 35.2 Å². The van der Waals surface area contributed by atoms with Gasteiger partial charge >= 0.3 is 11.9 Å². The molecule has 4 rings (SSSR count). The first kappa shape index (κ1) is 62.6. The van der Waals surface area contributed by atoms with Gasteiger partial charge in [-0.05, 0) is 120 Å². The number of nitrogens with zero attached hydrogens (tertiary/aromatic N) is 1. The van der Waals surface area contributed by atoms with Gasteiger partial charge in [-0.25, -0.2) is 4.79 Å². The van der Waals surface area contributed by atoms with E-state index in [1.165, 1.54) is 21.1 Å². The first-order valence-electron chi connectivity index (χ1n) is 26.9. The molecule has 1 saturated carbocycles. The molecule has 17 heteroatoms. The van der Waals surface area contributed by atoms with Gasteiger partial charge in [0, 0.05) is 58.5 Å². The van der Waals surface area contributed by atoms with E-state index in [0.29, 0.717) is 76.2 Å². The molecular formula is C57H89NO16. The van der Waals surface area contributed by atoms with Crippen molar-refractivity contribution in [3.05, 3.63) is 47.6 Å². The van der Waals surface area contributed by atoms with Gasteiger partial charge in [0.1, 0.15) is 41.7 Å². The van der Waals surface area contributed by atoms with Crippen molar-refractivity contribution in [3.63, 3.8) is 0 Å². The van der Waals surface area contributed by atoms with Crippen molar-refractivity contribution < 1.29 is 77.6 Å². The number of hydrogen-bond acceptors (Lipinski definition) is 16. The van der Waals surface area contributed by atoms with Crippen molar-refractivity contribution in [2.45, 2.75) is 193 Å². The van der Waals surface area contributed by atoms with Gasteiger partial charge in [0.15, 0.2) is 5.78 Å². The van der Waals surface area contributed by atoms with Crippen LogP contribution < -0.4 is 0 Å². The number of cyclic esters (lactones) is 1. The van der Waals surface area contributed by atoms with E-state index in [1.807, 2.05) is 51.2 Å². The lowest BCUT2D eigenvalue weighted by atomic mass is 9.78. The predicted octanol–water partition coefficient (Wildman–Crippen LogP) is 6.11. The number of amides is 1. The molecule has 0 radical (unpaired) electrons. The summed E-state index contributed by atoms with van der Waals surface area (Å²) in [5, 5.41) is 43.1. The molecule has 0 spiro atoms. The fraction of sp³-hybridized carbons (Fsp3) is 0.754. The highest BCUT2D eigenvalue weighted by Gasteiger charge is 2.53. The van der Waals surface area contributed by atoms with Gasteiger partial charge in [0.2, 0.25) is 5.79 Å². The van der Waals surface area contributed by atoms with E-state index in [1.54, 1.807) is 34.0 Å². The van der Waals surface area contributed by atoms with Crippen LogP contribution >= 0.6 is 0 Å². The van der Waals surface area contributed by atoms with Crippen LogP contribution in [0.4, 0.5) is 0 Å². The van der Waals surface area contributed by atoms with E-state index in [4.69, 9.17) is 28.4 Å². The third kappa shape index (κ3) is 16.3. The molecule has 0 aromatic carbocycles. The Morgan fingerprint density at radius 1 is 0.851 bits per heavy atom. The number of hydrogen-bond donors (Lipinski definition) is 4. The number of piperidine rings is 1. The zero-order valence-electron chi connectivity index (χ0n) is 46.0. The highest BCUT2D eigenvalue weighted by molar-refractivity contribution is 6.39. The number of aliphatic hydroxyl groups excluding tert-OH is 3. The molecule has 74 heavy (non-hydrogen) atoms. The normalized spacial score (nSPS) is 37.3. The Hall–Kier alpha value is -3.94. The zero-order chi connectivity index (χ0) is 55.1. The average Bonchev–Trinajstić information content (AvgIpc) is 3.39. The van der Waals surface area contributed by atoms with Crippen LogP contribution in [0.3, 0.4) is 0 Å². The number of methoxy groups -OCH3 is 3. The maximum absolute atomic E-state index is 14.6. The van der Waals surface area contributed by atoms with E-state index in [0.717, 1.165) is 10.5 Å². The van der Waals surface area contributed by atoms with Gasteiger partial charge in [-0.15, -0.1) is 0 Å². The molecular weight excluding hydrogens is 955 g/mol. The van der Waals surface area contributed by atoms with Gasteiger partial charge in [-0.3, -0.25) is 24.0 Å². The molecule has 4 aliphatic rings. The highest BCUT2D eigenvalue weighted by Crippen LogP contribution is 2.38. The number of fused-ring (bicyclic) bond motifs is 3. The smallest absolute Gasteiger partial charge is 0.329 e. The molecule has 17 nitrogen and oxygen atoms in total. The molecule has 3 aliphatic heterocycles. The maximum Gasteiger partial charge on any atom is 0.329 e. The van der Waals surface area contributed by atoms with Crippen molar-refractivity contribution in [1.29, 1.82) is 0 Å². The summed E-state index contributed by atoms with van der Waals surface area (Å²) in [6, 6.07) is -1.20. The SMILES string of the molecule is CO[C@H]1C[C@@H]2CC[C@@H](C)[C@@](O)(O2)C(=O)C(=O)N2CCCCC2C(=O)O[C@H]([C@@H](C)C[C@@H]2CC[C@@H](OC(=O)C(C)(CO)CO)[C@H](OC)C2)CC(=O)[C@H](C)/C=C(\C)[C@@H](O)[C@@H](OC)C(=O)[C@H](C)CC[C@H](C)/C=C/C=C/C=C/1C. The molecule has 3 fully saturated rings. The van der Waals surface area contributed by atoms with Crippen LogP contribution in [0.1, 0.15) is 139 Å². The fourth-order valence-electron chi connectivity index (χ4n) is 10.7. The largest absolute Gasteiger partial charge is 0.460 e. The second-order valence-corrected chi connectivity index (χ2v) is 22.2. The highest BCUT2D eigenvalue weighted by atomic mass is 16.6. The quantitative estimate of drug-likeness (QED) is 0.110. The summed E-state index contributed by atoms with van der Waals surface area (Å²) in [7, 11) is 4.44. The van der Waals surface area contributed by atoms with Crippen LogP contribution in [0.25, 0.3) is 0 Å². The zero-order valence-corrected chi connectivity index (χ0v) is 46.0. The summed E-state index contributed by atoms with van der Waals surface area (Å²) in [6.07, 6.45) is 10.8. The Morgan fingerprint density at radius 2 is 1.55 bits per heavy atom. The molecule has 1 aliphatic carbocycles. The molecule has 1 amide bonds. The minimum atomic E-state index is -2.47. The van der Waals surface area contributed by atoms with Gasteiger partial charge in [-0.1, -0.05) is 71.1 Å². The van der Waals surface area contributed by atoms with E-state index in [9.17, 15) is 49.2 Å². The Labute approximate surface area is 439 Å². The third-order valence-electron chi connectivity index (χ3n) is 16.2. The third-order valence-corrected chi connectivity index (χ3v) is 16.2. The van der Waals surface area contributed by atoms with Crippen LogP contribution in [0, 0.1) is 40.9 Å². The van der Waals surface area contributed by atoms with Crippen LogP contribution in [0.15, 0.2) is 47.6 Å². The number of ether oxygens (including phenoxy) is 6. The van der Waals surface area contributed by atoms with E-state index in [-0.39, 0.29) is 42.8 Å². The van der Waals surface area contributed by atoms with Gasteiger partial charge in [-0.2, -0.15) is 0 Å². The second-order valence-electron chi connectivity index (χ2n) is 22.2. The number of allylic oxidation sites excluding steroid dienone is 6. The second kappa shape index (κ2) is 29.0. The molecule has 0 aromatic rings. The summed E-state index contributed by atoms with van der Waals surface area (Å²) in [4.78, 5) is 85.4. The van der Waals surface area contributed by atoms with Crippen LogP contribution in [0.5, 0.6) is 0 Å². The molecule has 2 bridgehead atoms. The summed E-state index contributed by atoms with van der Waals surface area (Å²) >= 11 is 0. The molecule has 4 N–H and O–H groups in total. The Kier molecular flexibility index (Phi) is 24.5. The van der Waals surface area contributed by atoms with Gasteiger partial charge < -0.3 is 53.7 Å². The summed E-state index contributed by atoms with van der Waals surface area (Å²) in [5.74, 6) is -9.15. The Bertz CT molecular complexity index is 2030. The van der Waals surface area contributed by atoms with Gasteiger partial charge in [0.05, 0.1) is 31.5 Å².